The summed E-state index contributed by atoms with van der Waals surface area (Å²) >= 11 is 0. The first-order chi connectivity index (χ1) is 8.10. The fourth-order valence-corrected chi connectivity index (χ4v) is 1.27. The summed E-state index contributed by atoms with van der Waals surface area (Å²) in [5, 5.41) is 2.50. The van der Waals surface area contributed by atoms with Gasteiger partial charge < -0.3 is 20.4 Å². The van der Waals surface area contributed by atoms with Gasteiger partial charge in [-0.2, -0.15) is 0 Å². The van der Waals surface area contributed by atoms with Crippen molar-refractivity contribution in [2.45, 2.75) is 19.9 Å². The lowest BCUT2D eigenvalue weighted by Gasteiger charge is -2.04. The van der Waals surface area contributed by atoms with Crippen LogP contribution >= 0.6 is 0 Å². The second-order valence-electron chi connectivity index (χ2n) is 3.32. The van der Waals surface area contributed by atoms with Gasteiger partial charge in [-0.05, 0) is 6.92 Å². The minimum absolute atomic E-state index is 0.0868. The van der Waals surface area contributed by atoms with Crippen molar-refractivity contribution in [2.24, 2.45) is 0 Å². The molecule has 0 aliphatic heterocycles. The molecule has 0 atom stereocenters. The third-order valence-corrected chi connectivity index (χ3v) is 2.21. The van der Waals surface area contributed by atoms with Gasteiger partial charge in [0.15, 0.2) is 5.69 Å². The Morgan fingerprint density at radius 1 is 1.59 bits per heavy atom. The van der Waals surface area contributed by atoms with Gasteiger partial charge in [0.1, 0.15) is 5.82 Å². The number of nitrogens with two attached hydrogens (primary N) is 1. The minimum atomic E-state index is -0.552. The Hall–Kier alpha value is -2.05. The molecule has 3 N–H and O–H groups in total. The lowest BCUT2D eigenvalue weighted by Crippen LogP contribution is -2.20. The van der Waals surface area contributed by atoms with E-state index < -0.39 is 5.97 Å². The van der Waals surface area contributed by atoms with Crippen molar-refractivity contribution in [3.05, 3.63) is 12.0 Å². The quantitative estimate of drug-likeness (QED) is 0.693. The Bertz CT molecular complexity index is 414. The molecule has 0 unspecified atom stereocenters. The number of carbonyl (C=O) groups is 2. The number of imidazole rings is 1. The maximum Gasteiger partial charge on any atom is 0.360 e. The number of amides is 1. The third-order valence-electron chi connectivity index (χ3n) is 2.21. The largest absolute Gasteiger partial charge is 0.461 e. The number of ether oxygens (including phenoxy) is 1. The Kier molecular flexibility index (Phi) is 4.50. The number of hydrogen-bond acceptors (Lipinski definition) is 5. The average molecular weight is 240 g/mol. The number of carbonyl (C=O) groups excluding carboxylic acids is 2. The van der Waals surface area contributed by atoms with Gasteiger partial charge in [-0.3, -0.25) is 4.79 Å². The Labute approximate surface area is 99.0 Å². The molecular weight excluding hydrogens is 224 g/mol. The van der Waals surface area contributed by atoms with Crippen molar-refractivity contribution in [2.75, 3.05) is 19.4 Å². The smallest absolute Gasteiger partial charge is 0.360 e. The lowest BCUT2D eigenvalue weighted by atomic mass is 10.4. The van der Waals surface area contributed by atoms with Crippen LogP contribution in [0.2, 0.25) is 0 Å². The lowest BCUT2D eigenvalue weighted by molar-refractivity contribution is -0.120. The molecule has 7 nitrogen and oxygen atoms in total. The fraction of sp³-hybridized carbons (Fsp3) is 0.500. The first-order valence-corrected chi connectivity index (χ1v) is 5.28. The number of nitrogens with one attached hydrogen (secondary N) is 1. The maximum absolute atomic E-state index is 11.4. The third kappa shape index (κ3) is 3.20. The topological polar surface area (TPSA) is 99.2 Å². The number of esters is 1. The van der Waals surface area contributed by atoms with E-state index in [1.54, 1.807) is 18.5 Å². The van der Waals surface area contributed by atoms with Crippen molar-refractivity contribution in [1.82, 2.24) is 14.9 Å². The number of rotatable bonds is 5. The number of nitrogen functional groups attached to an aromatic ring is 1. The van der Waals surface area contributed by atoms with E-state index in [0.29, 0.717) is 6.54 Å². The molecule has 1 heterocycles. The van der Waals surface area contributed by atoms with Gasteiger partial charge in [0.05, 0.1) is 12.9 Å². The molecule has 0 saturated heterocycles. The highest BCUT2D eigenvalue weighted by Gasteiger charge is 2.16. The zero-order valence-electron chi connectivity index (χ0n) is 9.90. The van der Waals surface area contributed by atoms with Gasteiger partial charge in [-0.15, -0.1) is 0 Å². The van der Waals surface area contributed by atoms with Crippen molar-refractivity contribution in [3.63, 3.8) is 0 Å². The van der Waals surface area contributed by atoms with Crippen LogP contribution in [-0.2, 0) is 16.1 Å². The highest BCUT2D eigenvalue weighted by Crippen LogP contribution is 2.11. The van der Waals surface area contributed by atoms with E-state index in [0.717, 1.165) is 0 Å². The predicted molar refractivity (Wildman–Crippen MR) is 61.3 cm³/mol. The molecule has 17 heavy (non-hydrogen) atoms. The van der Waals surface area contributed by atoms with Crippen LogP contribution < -0.4 is 11.1 Å². The van der Waals surface area contributed by atoms with Crippen molar-refractivity contribution in [1.29, 1.82) is 0 Å². The molecule has 7 heteroatoms. The Morgan fingerprint density at radius 2 is 2.29 bits per heavy atom. The maximum atomic E-state index is 11.4. The normalized spacial score (nSPS) is 10.0. The summed E-state index contributed by atoms with van der Waals surface area (Å²) in [6, 6.07) is 0. The molecule has 0 fully saturated rings. The summed E-state index contributed by atoms with van der Waals surface area (Å²) in [5.74, 6) is -0.438. The summed E-state index contributed by atoms with van der Waals surface area (Å²) in [7, 11) is 1.56. The van der Waals surface area contributed by atoms with Crippen molar-refractivity contribution < 1.29 is 14.3 Å². The van der Waals surface area contributed by atoms with Crippen LogP contribution in [0.4, 0.5) is 5.82 Å². The van der Waals surface area contributed by atoms with Gasteiger partial charge in [-0.1, -0.05) is 0 Å². The first-order valence-electron chi connectivity index (χ1n) is 5.28. The molecule has 0 aliphatic rings. The van der Waals surface area contributed by atoms with Gasteiger partial charge in [0.2, 0.25) is 5.91 Å². The molecule has 0 bridgehead atoms. The first kappa shape index (κ1) is 13.0. The monoisotopic (exact) mass is 240 g/mol. The SMILES string of the molecule is CCOC(=O)c1ncn(CCC(=O)NC)c1N. The highest BCUT2D eigenvalue weighted by atomic mass is 16.5. The van der Waals surface area contributed by atoms with E-state index in [2.05, 4.69) is 10.3 Å². The van der Waals surface area contributed by atoms with Gasteiger partial charge in [-0.25, -0.2) is 9.78 Å². The Balaban J connectivity index is 2.70. The minimum Gasteiger partial charge on any atom is -0.461 e. The van der Waals surface area contributed by atoms with E-state index in [1.165, 1.54) is 6.33 Å². The number of nitrogens with zero attached hydrogens (tertiary/aromatic N) is 2. The number of aryl methyl sites for hydroxylation is 1. The van der Waals surface area contributed by atoms with E-state index in [-0.39, 0.29) is 30.4 Å². The van der Waals surface area contributed by atoms with Crippen LogP contribution in [0.15, 0.2) is 6.33 Å². The molecule has 0 spiro atoms. The predicted octanol–water partition coefficient (Wildman–Crippen LogP) is -0.222. The molecule has 94 valence electrons. The summed E-state index contributed by atoms with van der Waals surface area (Å²) in [6.45, 7) is 2.35. The molecule has 1 aromatic rings. The molecule has 0 aromatic carbocycles. The fourth-order valence-electron chi connectivity index (χ4n) is 1.27. The van der Waals surface area contributed by atoms with Crippen LogP contribution in [-0.4, -0.2) is 35.1 Å². The van der Waals surface area contributed by atoms with E-state index in [1.807, 2.05) is 0 Å². The summed E-state index contributed by atoms with van der Waals surface area (Å²) in [6.07, 6.45) is 1.70. The molecule has 1 amide bonds. The number of aromatic nitrogens is 2. The molecule has 0 aliphatic carbocycles. The summed E-state index contributed by atoms with van der Waals surface area (Å²) in [4.78, 5) is 26.3. The zero-order chi connectivity index (χ0) is 12.8. The molecule has 0 saturated carbocycles. The average Bonchev–Trinajstić information content (AvgIpc) is 2.68. The highest BCUT2D eigenvalue weighted by molar-refractivity contribution is 5.92. The Morgan fingerprint density at radius 3 is 2.88 bits per heavy atom. The zero-order valence-corrected chi connectivity index (χ0v) is 9.90. The van der Waals surface area contributed by atoms with Gasteiger partial charge in [0.25, 0.3) is 0 Å². The second kappa shape index (κ2) is 5.88. The van der Waals surface area contributed by atoms with Crippen LogP contribution in [0, 0.1) is 0 Å². The van der Waals surface area contributed by atoms with Gasteiger partial charge >= 0.3 is 5.97 Å². The molecule has 1 rings (SSSR count). The standard InChI is InChI=1S/C10H16N4O3/c1-3-17-10(16)8-9(11)14(6-13-8)5-4-7(15)12-2/h6H,3-5,11H2,1-2H3,(H,12,15). The van der Waals surface area contributed by atoms with Gasteiger partial charge in [0, 0.05) is 20.0 Å². The summed E-state index contributed by atoms with van der Waals surface area (Å²) in [5.41, 5.74) is 5.82. The van der Waals surface area contributed by atoms with Crippen LogP contribution in [0.5, 0.6) is 0 Å². The number of hydrogen-bond donors (Lipinski definition) is 2. The van der Waals surface area contributed by atoms with E-state index in [4.69, 9.17) is 10.5 Å². The van der Waals surface area contributed by atoms with Crippen LogP contribution in [0.25, 0.3) is 0 Å². The van der Waals surface area contributed by atoms with Crippen molar-refractivity contribution in [3.8, 4) is 0 Å². The van der Waals surface area contributed by atoms with Crippen LogP contribution in [0.3, 0.4) is 0 Å². The van der Waals surface area contributed by atoms with Crippen molar-refractivity contribution >= 4 is 17.7 Å². The number of anilines is 1. The van der Waals surface area contributed by atoms with E-state index in [9.17, 15) is 9.59 Å². The second-order valence-corrected chi connectivity index (χ2v) is 3.32. The molecule has 1 aromatic heterocycles. The molecular formula is C10H16N4O3. The van der Waals surface area contributed by atoms with E-state index >= 15 is 0 Å². The summed E-state index contributed by atoms with van der Waals surface area (Å²) < 4.78 is 6.34. The van der Waals surface area contributed by atoms with Crippen LogP contribution in [0.1, 0.15) is 23.8 Å². The molecule has 0 radical (unpaired) electrons.